The Labute approximate surface area is 235 Å². The molecule has 41 heavy (non-hydrogen) atoms. The third kappa shape index (κ3) is 5.49. The van der Waals surface area contributed by atoms with Crippen LogP contribution in [-0.4, -0.2) is 31.6 Å². The fraction of sp³-hybridized carbons (Fsp3) is 0.226. The van der Waals surface area contributed by atoms with Crippen LogP contribution in [-0.2, 0) is 51.9 Å². The van der Waals surface area contributed by atoms with Crippen molar-refractivity contribution in [1.29, 1.82) is 0 Å². The molecule has 0 unspecified atom stereocenters. The Bertz CT molecular complexity index is 1660. The smallest absolute Gasteiger partial charge is 0.485 e. The van der Waals surface area contributed by atoms with E-state index in [4.69, 9.17) is 17.7 Å². The summed E-state index contributed by atoms with van der Waals surface area (Å²) in [4.78, 5) is 12.7. The van der Waals surface area contributed by atoms with Crippen molar-refractivity contribution in [3.63, 3.8) is 0 Å². The number of aromatic nitrogens is 1. The first kappa shape index (κ1) is 28.5. The predicted molar refractivity (Wildman–Crippen MR) is 146 cm³/mol. The SMILES string of the molecule is COC(=O)C[n+]1c2c(c(-c3ccccc3)c3c1-c1ccccc1CC3)CCc1ccccc1-2.O=S(=O)([O-])C(F)(F)F. The standard InChI is InChI=1S/C30H26NO2.CHF3O3S/c1-33-27(32)19-31-29-23-13-7-5-9-20(23)15-17-25(29)28(22-11-3-2-4-12-22)26-18-16-21-10-6-8-14-24(21)30(26)31;2-1(3,4)8(5,6)7/h2-14H,15-19H2,1H3;(H,5,6,7)/q+1;/p-1. The third-order valence-electron chi connectivity index (χ3n) is 7.41. The summed E-state index contributed by atoms with van der Waals surface area (Å²) in [7, 11) is -4.62. The molecule has 3 aromatic carbocycles. The summed E-state index contributed by atoms with van der Waals surface area (Å²) >= 11 is 0. The van der Waals surface area contributed by atoms with Crippen LogP contribution in [0.3, 0.4) is 0 Å². The van der Waals surface area contributed by atoms with Gasteiger partial charge in [-0.2, -0.15) is 17.7 Å². The van der Waals surface area contributed by atoms with Gasteiger partial charge in [0.1, 0.15) is 0 Å². The number of carbonyl (C=O) groups is 1. The quantitative estimate of drug-likeness (QED) is 0.140. The zero-order chi connectivity index (χ0) is 29.4. The monoisotopic (exact) mass is 581 g/mol. The number of halogens is 3. The van der Waals surface area contributed by atoms with Crippen LogP contribution < -0.4 is 4.57 Å². The van der Waals surface area contributed by atoms with Crippen molar-refractivity contribution < 1.29 is 40.2 Å². The fourth-order valence-electron chi connectivity index (χ4n) is 5.72. The minimum absolute atomic E-state index is 0.207. The van der Waals surface area contributed by atoms with Crippen molar-refractivity contribution in [3.05, 3.63) is 101 Å². The van der Waals surface area contributed by atoms with Gasteiger partial charge in [-0.3, -0.25) is 0 Å². The number of nitrogens with zero attached hydrogens (tertiary/aromatic N) is 1. The lowest BCUT2D eigenvalue weighted by Crippen LogP contribution is -2.46. The molecule has 4 aromatic rings. The third-order valence-corrected chi connectivity index (χ3v) is 7.98. The predicted octanol–water partition coefficient (Wildman–Crippen LogP) is 5.40. The van der Waals surface area contributed by atoms with Gasteiger partial charge in [-0.1, -0.05) is 66.7 Å². The van der Waals surface area contributed by atoms with Crippen LogP contribution >= 0.6 is 0 Å². The molecule has 1 aromatic heterocycles. The van der Waals surface area contributed by atoms with Gasteiger partial charge in [-0.05, 0) is 54.5 Å². The van der Waals surface area contributed by atoms with Gasteiger partial charge in [0.15, 0.2) is 10.1 Å². The first-order chi connectivity index (χ1) is 19.5. The van der Waals surface area contributed by atoms with E-state index in [-0.39, 0.29) is 12.5 Å². The number of carbonyl (C=O) groups excluding carboxylic acids is 1. The summed E-state index contributed by atoms with van der Waals surface area (Å²) in [6.07, 6.45) is 3.95. The largest absolute Gasteiger partial charge is 0.741 e. The fourth-order valence-corrected chi connectivity index (χ4v) is 5.72. The van der Waals surface area contributed by atoms with Gasteiger partial charge in [-0.25, -0.2) is 13.2 Å². The molecule has 212 valence electrons. The Morgan fingerprint density at radius 3 is 1.68 bits per heavy atom. The van der Waals surface area contributed by atoms with Gasteiger partial charge < -0.3 is 9.29 Å². The normalized spacial score (nSPS) is 13.5. The average molecular weight is 582 g/mol. The number of pyridine rings is 1. The van der Waals surface area contributed by atoms with Gasteiger partial charge in [0.25, 0.3) is 0 Å². The van der Waals surface area contributed by atoms with Gasteiger partial charge in [0.2, 0.25) is 17.9 Å². The average Bonchev–Trinajstić information content (AvgIpc) is 2.96. The van der Waals surface area contributed by atoms with E-state index in [1.54, 1.807) is 0 Å². The molecular weight excluding hydrogens is 555 g/mol. The molecule has 0 saturated heterocycles. The molecule has 0 N–H and O–H groups in total. The number of esters is 1. The number of hydrogen-bond donors (Lipinski definition) is 0. The number of fused-ring (bicyclic) bond motifs is 6. The highest BCUT2D eigenvalue weighted by molar-refractivity contribution is 7.86. The summed E-state index contributed by atoms with van der Waals surface area (Å²) in [5.41, 5.74) is 7.12. The highest BCUT2D eigenvalue weighted by Crippen LogP contribution is 2.44. The second kappa shape index (κ2) is 11.1. The molecule has 0 amide bonds. The Balaban J connectivity index is 0.000000372. The summed E-state index contributed by atoms with van der Waals surface area (Å²) < 4.78 is 66.3. The molecule has 0 aliphatic heterocycles. The van der Waals surface area contributed by atoms with Crippen LogP contribution in [0.1, 0.15) is 22.3 Å². The first-order valence-electron chi connectivity index (χ1n) is 12.9. The Hall–Kier alpha value is -4.02. The number of alkyl halides is 3. The lowest BCUT2D eigenvalue weighted by Gasteiger charge is -2.28. The van der Waals surface area contributed by atoms with Crippen molar-refractivity contribution in [1.82, 2.24) is 0 Å². The van der Waals surface area contributed by atoms with Crippen LogP contribution in [0, 0.1) is 0 Å². The second-order valence-electron chi connectivity index (χ2n) is 9.77. The zero-order valence-electron chi connectivity index (χ0n) is 22.1. The van der Waals surface area contributed by atoms with Gasteiger partial charge in [0.05, 0.1) is 7.11 Å². The molecule has 0 spiro atoms. The number of ether oxygens (including phenoxy) is 1. The molecule has 10 heteroatoms. The van der Waals surface area contributed by atoms with E-state index in [1.807, 2.05) is 0 Å². The molecule has 0 saturated carbocycles. The van der Waals surface area contributed by atoms with E-state index < -0.39 is 15.6 Å². The molecule has 2 aliphatic rings. The highest BCUT2D eigenvalue weighted by atomic mass is 32.2. The van der Waals surface area contributed by atoms with E-state index >= 15 is 0 Å². The Morgan fingerprint density at radius 1 is 0.805 bits per heavy atom. The van der Waals surface area contributed by atoms with Gasteiger partial charge in [0, 0.05) is 27.8 Å². The van der Waals surface area contributed by atoms with E-state index in [1.165, 1.54) is 51.6 Å². The lowest BCUT2D eigenvalue weighted by atomic mass is 9.77. The van der Waals surface area contributed by atoms with Crippen LogP contribution in [0.4, 0.5) is 13.2 Å². The highest BCUT2D eigenvalue weighted by Gasteiger charge is 2.39. The summed E-state index contributed by atoms with van der Waals surface area (Å²) in [5.74, 6) is -0.219. The van der Waals surface area contributed by atoms with Crippen molar-refractivity contribution in [2.24, 2.45) is 0 Å². The van der Waals surface area contributed by atoms with E-state index in [0.29, 0.717) is 0 Å². The van der Waals surface area contributed by atoms with Crippen molar-refractivity contribution in [3.8, 4) is 33.6 Å². The topological polar surface area (TPSA) is 87.4 Å². The van der Waals surface area contributed by atoms with Crippen LogP contribution in [0.25, 0.3) is 33.6 Å². The van der Waals surface area contributed by atoms with Crippen LogP contribution in [0.5, 0.6) is 0 Å². The number of methoxy groups -OCH3 is 1. The number of benzene rings is 3. The molecule has 1 heterocycles. The molecule has 2 aliphatic carbocycles. The minimum Gasteiger partial charge on any atom is -0.741 e. The summed E-state index contributed by atoms with van der Waals surface area (Å²) in [6, 6.07) is 28.0. The number of rotatable bonds is 3. The lowest BCUT2D eigenvalue weighted by molar-refractivity contribution is -0.665. The summed E-state index contributed by atoms with van der Waals surface area (Å²) in [5, 5.41) is 0. The van der Waals surface area contributed by atoms with Crippen LogP contribution in [0.2, 0.25) is 0 Å². The van der Waals surface area contributed by atoms with Crippen molar-refractivity contribution >= 4 is 16.1 Å². The first-order valence-corrected chi connectivity index (χ1v) is 14.3. The molecular formula is C31H26F3NO5S. The summed E-state index contributed by atoms with van der Waals surface area (Å²) in [6.45, 7) is 0.207. The molecule has 0 fully saturated rings. The second-order valence-corrected chi connectivity index (χ2v) is 11.1. The minimum atomic E-state index is -6.09. The maximum absolute atomic E-state index is 12.7. The molecule has 0 radical (unpaired) electrons. The van der Waals surface area contributed by atoms with E-state index in [2.05, 4.69) is 83.4 Å². The maximum Gasteiger partial charge on any atom is 0.485 e. The van der Waals surface area contributed by atoms with Crippen LogP contribution in [0.15, 0.2) is 78.9 Å². The van der Waals surface area contributed by atoms with E-state index in [0.717, 1.165) is 37.1 Å². The number of aryl methyl sites for hydroxylation is 2. The molecule has 0 atom stereocenters. The molecule has 6 nitrogen and oxygen atoms in total. The Morgan fingerprint density at radius 2 is 1.24 bits per heavy atom. The van der Waals surface area contributed by atoms with E-state index in [9.17, 15) is 18.0 Å². The Kier molecular flexibility index (Phi) is 7.72. The van der Waals surface area contributed by atoms with Gasteiger partial charge >= 0.3 is 11.5 Å². The number of hydrogen-bond acceptors (Lipinski definition) is 5. The van der Waals surface area contributed by atoms with Crippen molar-refractivity contribution in [2.45, 2.75) is 37.7 Å². The molecule has 6 rings (SSSR count). The zero-order valence-corrected chi connectivity index (χ0v) is 22.9. The molecule has 0 bridgehead atoms. The van der Waals surface area contributed by atoms with Gasteiger partial charge in [-0.15, -0.1) is 0 Å². The maximum atomic E-state index is 12.7. The van der Waals surface area contributed by atoms with Crippen molar-refractivity contribution in [2.75, 3.05) is 7.11 Å².